The second kappa shape index (κ2) is 6.08. The van der Waals surface area contributed by atoms with E-state index in [1.165, 1.54) is 12.1 Å². The summed E-state index contributed by atoms with van der Waals surface area (Å²) in [6, 6.07) is 2.46. The van der Waals surface area contributed by atoms with Crippen molar-refractivity contribution in [1.29, 1.82) is 0 Å². The van der Waals surface area contributed by atoms with Crippen LogP contribution < -0.4 is 11.3 Å². The molecule has 0 heterocycles. The van der Waals surface area contributed by atoms with E-state index >= 15 is 0 Å². The Morgan fingerprint density at radius 3 is 2.44 bits per heavy atom. The molecule has 0 aliphatic heterocycles. The van der Waals surface area contributed by atoms with Gasteiger partial charge in [0.25, 0.3) is 0 Å². The second-order valence-corrected chi connectivity index (χ2v) is 6.51. The van der Waals surface area contributed by atoms with Gasteiger partial charge in [-0.2, -0.15) is 0 Å². The molecule has 18 heavy (non-hydrogen) atoms. The molecule has 0 bridgehead atoms. The lowest BCUT2D eigenvalue weighted by Crippen LogP contribution is -2.39. The standard InChI is InChI=1S/C13H19BrF2N2/c1-13(2,3)7-8(18-17)6-9-11(15)5-4-10(14)12(9)16/h4-5,8,18H,6-7,17H2,1-3H3. The maximum absolute atomic E-state index is 13.8. The Morgan fingerprint density at radius 1 is 1.33 bits per heavy atom. The molecule has 5 heteroatoms. The summed E-state index contributed by atoms with van der Waals surface area (Å²) in [6.07, 6.45) is 0.958. The summed E-state index contributed by atoms with van der Waals surface area (Å²) >= 11 is 3.06. The van der Waals surface area contributed by atoms with Crippen LogP contribution in [-0.4, -0.2) is 6.04 Å². The zero-order valence-corrected chi connectivity index (χ0v) is 12.4. The third-order valence-electron chi connectivity index (χ3n) is 2.68. The Morgan fingerprint density at radius 2 is 1.94 bits per heavy atom. The van der Waals surface area contributed by atoms with Crippen LogP contribution in [0.15, 0.2) is 16.6 Å². The lowest BCUT2D eigenvalue weighted by molar-refractivity contribution is 0.305. The van der Waals surface area contributed by atoms with E-state index in [0.29, 0.717) is 0 Å². The van der Waals surface area contributed by atoms with E-state index in [4.69, 9.17) is 5.84 Å². The van der Waals surface area contributed by atoms with Gasteiger partial charge in [-0.25, -0.2) is 8.78 Å². The molecular weight excluding hydrogens is 302 g/mol. The van der Waals surface area contributed by atoms with E-state index in [-0.39, 0.29) is 27.9 Å². The van der Waals surface area contributed by atoms with Crippen molar-refractivity contribution >= 4 is 15.9 Å². The minimum Gasteiger partial charge on any atom is -0.271 e. The van der Waals surface area contributed by atoms with Gasteiger partial charge in [-0.15, -0.1) is 0 Å². The van der Waals surface area contributed by atoms with Gasteiger partial charge in [0.15, 0.2) is 0 Å². The normalized spacial score (nSPS) is 13.7. The van der Waals surface area contributed by atoms with Crippen LogP contribution in [0, 0.1) is 17.0 Å². The smallest absolute Gasteiger partial charge is 0.143 e. The Balaban J connectivity index is 2.92. The summed E-state index contributed by atoms with van der Waals surface area (Å²) in [5.41, 5.74) is 2.74. The number of rotatable bonds is 4. The first-order chi connectivity index (χ1) is 8.24. The first-order valence-corrected chi connectivity index (χ1v) is 6.62. The predicted octanol–water partition coefficient (Wildman–Crippen LogP) is 3.54. The maximum atomic E-state index is 13.8. The lowest BCUT2D eigenvalue weighted by Gasteiger charge is -2.25. The van der Waals surface area contributed by atoms with E-state index < -0.39 is 11.6 Å². The van der Waals surface area contributed by atoms with Gasteiger partial charge in [-0.1, -0.05) is 20.8 Å². The van der Waals surface area contributed by atoms with E-state index in [1.807, 2.05) is 0 Å². The maximum Gasteiger partial charge on any atom is 0.143 e. The summed E-state index contributed by atoms with van der Waals surface area (Å²) in [5, 5.41) is 0. The van der Waals surface area contributed by atoms with Gasteiger partial charge in [0.2, 0.25) is 0 Å². The van der Waals surface area contributed by atoms with Crippen molar-refractivity contribution in [2.75, 3.05) is 0 Å². The fourth-order valence-corrected chi connectivity index (χ4v) is 2.30. The number of benzene rings is 1. The molecule has 0 radical (unpaired) electrons. The van der Waals surface area contributed by atoms with E-state index in [0.717, 1.165) is 6.42 Å². The Hall–Kier alpha value is -0.520. The lowest BCUT2D eigenvalue weighted by atomic mass is 9.86. The molecule has 3 N–H and O–H groups in total. The van der Waals surface area contributed by atoms with Crippen LogP contribution in [0.25, 0.3) is 0 Å². The van der Waals surface area contributed by atoms with Crippen molar-refractivity contribution in [3.8, 4) is 0 Å². The number of hydrogen-bond acceptors (Lipinski definition) is 2. The highest BCUT2D eigenvalue weighted by molar-refractivity contribution is 9.10. The van der Waals surface area contributed by atoms with Crippen LogP contribution in [-0.2, 0) is 6.42 Å². The predicted molar refractivity (Wildman–Crippen MR) is 72.9 cm³/mol. The molecule has 2 nitrogen and oxygen atoms in total. The number of hydrogen-bond donors (Lipinski definition) is 2. The number of nitrogens with two attached hydrogens (primary N) is 1. The largest absolute Gasteiger partial charge is 0.271 e. The summed E-state index contributed by atoms with van der Waals surface area (Å²) in [7, 11) is 0. The second-order valence-electron chi connectivity index (χ2n) is 5.65. The highest BCUT2D eigenvalue weighted by atomic mass is 79.9. The Kier molecular flexibility index (Phi) is 5.25. The summed E-state index contributed by atoms with van der Waals surface area (Å²) in [4.78, 5) is 0. The summed E-state index contributed by atoms with van der Waals surface area (Å²) in [5.74, 6) is 4.37. The van der Waals surface area contributed by atoms with Crippen molar-refractivity contribution in [3.05, 3.63) is 33.8 Å². The molecule has 1 rings (SSSR count). The highest BCUT2D eigenvalue weighted by Crippen LogP contribution is 2.26. The van der Waals surface area contributed by atoms with Gasteiger partial charge < -0.3 is 0 Å². The third kappa shape index (κ3) is 4.30. The highest BCUT2D eigenvalue weighted by Gasteiger charge is 2.21. The van der Waals surface area contributed by atoms with Crippen LogP contribution in [0.2, 0.25) is 0 Å². The van der Waals surface area contributed by atoms with Crippen molar-refractivity contribution in [3.63, 3.8) is 0 Å². The molecule has 0 aliphatic carbocycles. The van der Waals surface area contributed by atoms with Crippen molar-refractivity contribution in [1.82, 2.24) is 5.43 Å². The molecule has 1 atom stereocenters. The molecule has 0 saturated carbocycles. The summed E-state index contributed by atoms with van der Waals surface area (Å²) < 4.78 is 27.7. The number of hydrazine groups is 1. The average molecular weight is 321 g/mol. The van der Waals surface area contributed by atoms with Crippen LogP contribution in [0.4, 0.5) is 8.78 Å². The fourth-order valence-electron chi connectivity index (χ4n) is 1.93. The molecular formula is C13H19BrF2N2. The molecule has 0 saturated heterocycles. The van der Waals surface area contributed by atoms with Crippen molar-refractivity contribution < 1.29 is 8.78 Å². The molecule has 1 aromatic carbocycles. The zero-order chi connectivity index (χ0) is 13.9. The van der Waals surface area contributed by atoms with Gasteiger partial charge in [-0.05, 0) is 46.3 Å². The van der Waals surface area contributed by atoms with Gasteiger partial charge in [0.05, 0.1) is 4.47 Å². The van der Waals surface area contributed by atoms with E-state index in [2.05, 4.69) is 42.1 Å². The van der Waals surface area contributed by atoms with Gasteiger partial charge in [-0.3, -0.25) is 11.3 Å². The quantitative estimate of drug-likeness (QED) is 0.506. The molecule has 1 unspecified atom stereocenters. The SMILES string of the molecule is CC(C)(C)CC(Cc1c(F)ccc(Br)c1F)NN. The van der Waals surface area contributed by atoms with Gasteiger partial charge in [0.1, 0.15) is 11.6 Å². The van der Waals surface area contributed by atoms with Crippen LogP contribution in [0.5, 0.6) is 0 Å². The molecule has 0 aliphatic rings. The topological polar surface area (TPSA) is 38.0 Å². The zero-order valence-electron chi connectivity index (χ0n) is 10.9. The van der Waals surface area contributed by atoms with E-state index in [9.17, 15) is 8.78 Å². The Bertz CT molecular complexity index is 416. The Labute approximate surface area is 115 Å². The van der Waals surface area contributed by atoms with Crippen molar-refractivity contribution in [2.45, 2.75) is 39.7 Å². The average Bonchev–Trinajstić information content (AvgIpc) is 2.26. The summed E-state index contributed by atoms with van der Waals surface area (Å²) in [6.45, 7) is 6.18. The minimum atomic E-state index is -0.552. The third-order valence-corrected chi connectivity index (χ3v) is 3.30. The van der Waals surface area contributed by atoms with Crippen molar-refractivity contribution in [2.24, 2.45) is 11.3 Å². The molecule has 102 valence electrons. The molecule has 0 amide bonds. The monoisotopic (exact) mass is 320 g/mol. The van der Waals surface area contributed by atoms with Crippen LogP contribution in [0.1, 0.15) is 32.8 Å². The molecule has 0 fully saturated rings. The van der Waals surface area contributed by atoms with Gasteiger partial charge in [0, 0.05) is 11.6 Å². The number of halogens is 3. The first-order valence-electron chi connectivity index (χ1n) is 5.83. The first kappa shape index (κ1) is 15.5. The fraction of sp³-hybridized carbons (Fsp3) is 0.538. The van der Waals surface area contributed by atoms with Crippen LogP contribution >= 0.6 is 15.9 Å². The molecule has 0 spiro atoms. The van der Waals surface area contributed by atoms with E-state index in [1.54, 1.807) is 0 Å². The molecule has 0 aromatic heterocycles. The van der Waals surface area contributed by atoms with Gasteiger partial charge >= 0.3 is 0 Å². The minimum absolute atomic E-state index is 0.0377. The molecule has 1 aromatic rings. The van der Waals surface area contributed by atoms with Crippen LogP contribution in [0.3, 0.4) is 0 Å². The number of nitrogens with one attached hydrogen (secondary N) is 1.